The number of nitrogens with zero attached hydrogens (tertiary/aromatic N) is 9. The number of carbonyl (C=O) groups excluding carboxylic acids is 2. The van der Waals surface area contributed by atoms with Crippen molar-refractivity contribution in [1.82, 2.24) is 44.5 Å². The molecule has 3 N–H and O–H groups in total. The van der Waals surface area contributed by atoms with E-state index in [1.165, 1.54) is 33.0 Å². The van der Waals surface area contributed by atoms with Crippen molar-refractivity contribution in [3.05, 3.63) is 59.9 Å². The third-order valence-electron chi connectivity index (χ3n) is 10.6. The van der Waals surface area contributed by atoms with Gasteiger partial charge in [0, 0.05) is 63.3 Å². The molecular formula is C36H40N12O5S. The lowest BCUT2D eigenvalue weighted by atomic mass is 9.89. The number of aryl methyl sites for hydroxylation is 1. The minimum absolute atomic E-state index is 0.0184. The molecule has 5 aromatic rings. The van der Waals surface area contributed by atoms with Gasteiger partial charge in [-0.3, -0.25) is 29.7 Å². The third kappa shape index (κ3) is 7.05. The summed E-state index contributed by atoms with van der Waals surface area (Å²) in [7, 11) is -1.95. The third-order valence-corrected chi connectivity index (χ3v) is 12.5. The van der Waals surface area contributed by atoms with Crippen molar-refractivity contribution in [3.63, 3.8) is 0 Å². The van der Waals surface area contributed by atoms with Gasteiger partial charge in [-0.25, -0.2) is 18.2 Å². The Morgan fingerprint density at radius 3 is 2.61 bits per heavy atom. The van der Waals surface area contributed by atoms with E-state index in [0.29, 0.717) is 69.0 Å². The van der Waals surface area contributed by atoms with Crippen LogP contribution in [0.25, 0.3) is 21.9 Å². The lowest BCUT2D eigenvalue weighted by Gasteiger charge is -2.32. The maximum Gasteiger partial charge on any atom is 0.329 e. The molecule has 17 nitrogen and oxygen atoms in total. The first-order valence-corrected chi connectivity index (χ1v) is 19.5. The van der Waals surface area contributed by atoms with Gasteiger partial charge in [0.05, 0.1) is 27.6 Å². The number of rotatable bonds is 10. The van der Waals surface area contributed by atoms with Crippen molar-refractivity contribution in [3.8, 4) is 11.8 Å². The largest absolute Gasteiger partial charge is 0.491 e. The van der Waals surface area contributed by atoms with Gasteiger partial charge in [-0.2, -0.15) is 24.7 Å². The molecule has 54 heavy (non-hydrogen) atoms. The first-order chi connectivity index (χ1) is 26.2. The maximum absolute atomic E-state index is 13.7. The summed E-state index contributed by atoms with van der Waals surface area (Å²) in [6.07, 6.45) is 6.65. The molecule has 0 saturated carbocycles. The second kappa shape index (κ2) is 14.6. The van der Waals surface area contributed by atoms with Crippen LogP contribution in [0.3, 0.4) is 0 Å². The Kier molecular flexibility index (Phi) is 9.60. The number of nitriles is 1. The van der Waals surface area contributed by atoms with Crippen molar-refractivity contribution in [1.29, 1.82) is 5.26 Å². The number of piperidine rings is 2. The highest BCUT2D eigenvalue weighted by Crippen LogP contribution is 2.34. The Hall–Kier alpha value is -5.64. The van der Waals surface area contributed by atoms with E-state index in [1.54, 1.807) is 17.1 Å². The van der Waals surface area contributed by atoms with Gasteiger partial charge < -0.3 is 10.1 Å². The molecule has 3 aliphatic heterocycles. The molecule has 0 aliphatic carbocycles. The Labute approximate surface area is 311 Å². The molecule has 3 fully saturated rings. The number of fused-ring (bicyclic) bond motifs is 2. The number of sulfonamides is 1. The van der Waals surface area contributed by atoms with Gasteiger partial charge in [0.2, 0.25) is 21.9 Å². The molecule has 3 aromatic heterocycles. The van der Waals surface area contributed by atoms with Crippen LogP contribution in [0.5, 0.6) is 5.75 Å². The summed E-state index contributed by atoms with van der Waals surface area (Å²) in [5, 5.41) is 28.5. The number of carbonyl (C=O) groups is 2. The van der Waals surface area contributed by atoms with Crippen molar-refractivity contribution in [2.24, 2.45) is 7.05 Å². The number of hydrogen-bond donors (Lipinski definition) is 3. The lowest BCUT2D eigenvalue weighted by molar-refractivity contribution is -0.120. The maximum atomic E-state index is 13.7. The van der Waals surface area contributed by atoms with Gasteiger partial charge in [0.15, 0.2) is 11.5 Å². The first kappa shape index (κ1) is 35.4. The Bertz CT molecular complexity index is 2370. The predicted molar refractivity (Wildman–Crippen MR) is 198 cm³/mol. The number of urea groups is 1. The summed E-state index contributed by atoms with van der Waals surface area (Å²) in [6, 6.07) is 12.4. The highest BCUT2D eigenvalue weighted by atomic mass is 32.2. The summed E-state index contributed by atoms with van der Waals surface area (Å²) < 4.78 is 36.6. The van der Waals surface area contributed by atoms with Gasteiger partial charge in [0.1, 0.15) is 18.4 Å². The summed E-state index contributed by atoms with van der Waals surface area (Å²) in [5.41, 5.74) is 3.06. The van der Waals surface area contributed by atoms with Gasteiger partial charge in [-0.15, -0.1) is 0 Å². The summed E-state index contributed by atoms with van der Waals surface area (Å²) in [5.74, 6) is 1.35. The van der Waals surface area contributed by atoms with E-state index in [4.69, 9.17) is 4.74 Å². The van der Waals surface area contributed by atoms with Crippen LogP contribution >= 0.6 is 0 Å². The molecule has 0 unspecified atom stereocenters. The zero-order valence-electron chi connectivity index (χ0n) is 29.7. The molecule has 0 radical (unpaired) electrons. The van der Waals surface area contributed by atoms with Crippen LogP contribution in [0.15, 0.2) is 53.7 Å². The highest BCUT2D eigenvalue weighted by Gasteiger charge is 2.31. The summed E-state index contributed by atoms with van der Waals surface area (Å²) >= 11 is 0. The average Bonchev–Trinajstić information content (AvgIpc) is 3.78. The van der Waals surface area contributed by atoms with Crippen LogP contribution in [0.4, 0.5) is 16.6 Å². The number of aromatic amines is 1. The summed E-state index contributed by atoms with van der Waals surface area (Å²) in [4.78, 5) is 36.8. The number of anilines is 2. The van der Waals surface area contributed by atoms with E-state index in [9.17, 15) is 23.3 Å². The topological polar surface area (TPSA) is 207 Å². The van der Waals surface area contributed by atoms with Crippen molar-refractivity contribution in [2.45, 2.75) is 49.0 Å². The normalized spacial score (nSPS) is 18.3. The Morgan fingerprint density at radius 2 is 1.83 bits per heavy atom. The molecule has 6 heterocycles. The smallest absolute Gasteiger partial charge is 0.329 e. The fourth-order valence-electron chi connectivity index (χ4n) is 7.50. The van der Waals surface area contributed by atoms with Gasteiger partial charge in [-0.05, 0) is 74.5 Å². The van der Waals surface area contributed by atoms with Crippen molar-refractivity contribution < 1.29 is 22.7 Å². The summed E-state index contributed by atoms with van der Waals surface area (Å²) in [6.45, 7) is 3.62. The fraction of sp³-hybridized carbons (Fsp3) is 0.417. The van der Waals surface area contributed by atoms with Gasteiger partial charge in [-0.1, -0.05) is 6.07 Å². The van der Waals surface area contributed by atoms with Crippen LogP contribution < -0.4 is 20.3 Å². The van der Waals surface area contributed by atoms with Crippen LogP contribution in [0.2, 0.25) is 0 Å². The van der Waals surface area contributed by atoms with Gasteiger partial charge >= 0.3 is 6.03 Å². The standard InChI is InChI=1S/C36H40N12O5S/c1-45-30-18-24(3-5-29(30)34(44-45)48-15-10-32(49)41-36(48)50)23-6-11-46(12-7-23)16-17-53-31-19-28(4-2-25(31)20-37)54(51,52)47-13-8-27(9-14-47)40-35-38-21-26-22-39-43-33(26)42-35/h2-5,18-19,21-23,27H,6-17H2,1H3,(H,41,49,50)(H2,38,39,40,42,43). The zero-order chi connectivity index (χ0) is 37.4. The van der Waals surface area contributed by atoms with E-state index in [2.05, 4.69) is 59.0 Å². The fourth-order valence-corrected chi connectivity index (χ4v) is 8.99. The van der Waals surface area contributed by atoms with Gasteiger partial charge in [0.25, 0.3) is 0 Å². The van der Waals surface area contributed by atoms with Crippen LogP contribution in [-0.4, -0.2) is 111 Å². The number of benzene rings is 2. The molecular weight excluding hydrogens is 713 g/mol. The van der Waals surface area contributed by atoms with E-state index in [0.717, 1.165) is 42.2 Å². The number of likely N-dealkylation sites (tertiary alicyclic amines) is 1. The van der Waals surface area contributed by atoms with E-state index >= 15 is 0 Å². The number of aromatic nitrogens is 6. The molecule has 280 valence electrons. The van der Waals surface area contributed by atoms with E-state index < -0.39 is 16.1 Å². The molecule has 0 spiro atoms. The molecule has 18 heteroatoms. The minimum Gasteiger partial charge on any atom is -0.491 e. The molecule has 2 aromatic carbocycles. The first-order valence-electron chi connectivity index (χ1n) is 18.1. The van der Waals surface area contributed by atoms with Crippen molar-refractivity contribution >= 4 is 55.7 Å². The lowest BCUT2D eigenvalue weighted by Crippen LogP contribution is -2.49. The molecule has 0 atom stereocenters. The number of H-pyrrole nitrogens is 1. The Morgan fingerprint density at radius 1 is 1.02 bits per heavy atom. The molecule has 0 bridgehead atoms. The second-order valence-electron chi connectivity index (χ2n) is 13.9. The van der Waals surface area contributed by atoms with Crippen molar-refractivity contribution in [2.75, 3.05) is 56.1 Å². The zero-order valence-corrected chi connectivity index (χ0v) is 30.5. The Balaban J connectivity index is 0.840. The van der Waals surface area contributed by atoms with Crippen LogP contribution in [0.1, 0.15) is 49.1 Å². The molecule has 3 aliphatic rings. The predicted octanol–water partition coefficient (Wildman–Crippen LogP) is 3.08. The monoisotopic (exact) mass is 752 g/mol. The molecule has 8 rings (SSSR count). The van der Waals surface area contributed by atoms with E-state index in [-0.39, 0.29) is 34.6 Å². The van der Waals surface area contributed by atoms with Crippen LogP contribution in [-0.2, 0) is 21.9 Å². The second-order valence-corrected chi connectivity index (χ2v) is 15.8. The number of imide groups is 1. The minimum atomic E-state index is -3.81. The van der Waals surface area contributed by atoms with E-state index in [1.807, 2.05) is 13.1 Å². The number of nitrogens with one attached hydrogen (secondary N) is 3. The average molecular weight is 753 g/mol. The van der Waals surface area contributed by atoms with Crippen LogP contribution in [0, 0.1) is 11.3 Å². The number of amides is 3. The molecule has 3 amide bonds. The molecule has 3 saturated heterocycles. The number of ether oxygens (including phenoxy) is 1. The quantitative estimate of drug-likeness (QED) is 0.188. The highest BCUT2D eigenvalue weighted by molar-refractivity contribution is 7.89. The SMILES string of the molecule is Cn1nc(N2CCC(=O)NC2=O)c2ccc(C3CCN(CCOc4cc(S(=O)(=O)N5CCC(Nc6ncc7cn[nH]c7n6)CC5)ccc4C#N)CC3)cc21. The number of hydrogen-bond acceptors (Lipinski definition) is 12.